The zero-order valence-corrected chi connectivity index (χ0v) is 15.5. The van der Waals surface area contributed by atoms with Crippen molar-refractivity contribution in [2.75, 3.05) is 13.1 Å². The van der Waals surface area contributed by atoms with Gasteiger partial charge in [0.15, 0.2) is 0 Å². The van der Waals surface area contributed by atoms with E-state index >= 15 is 0 Å². The first-order valence-electron chi connectivity index (χ1n) is 8.02. The highest BCUT2D eigenvalue weighted by atomic mass is 32.2. The molecule has 3 N–H and O–H groups in total. The summed E-state index contributed by atoms with van der Waals surface area (Å²) in [4.78, 5) is 11.8. The number of carbonyl (C=O) groups is 1. The van der Waals surface area contributed by atoms with E-state index in [9.17, 15) is 13.2 Å². The van der Waals surface area contributed by atoms with E-state index in [1.165, 1.54) is 22.6 Å². The van der Waals surface area contributed by atoms with E-state index in [2.05, 4.69) is 5.32 Å². The van der Waals surface area contributed by atoms with E-state index in [0.717, 1.165) is 10.4 Å². The minimum absolute atomic E-state index is 0.00483. The Balaban J connectivity index is 1.76. The zero-order chi connectivity index (χ0) is 18.0. The van der Waals surface area contributed by atoms with E-state index in [4.69, 9.17) is 5.73 Å². The van der Waals surface area contributed by atoms with E-state index in [1.54, 1.807) is 12.1 Å². The number of nitrogens with zero attached hydrogens (tertiary/aromatic N) is 1. The van der Waals surface area contributed by atoms with E-state index < -0.39 is 10.0 Å². The van der Waals surface area contributed by atoms with Gasteiger partial charge in [0.1, 0.15) is 4.21 Å². The van der Waals surface area contributed by atoms with Gasteiger partial charge in [-0.25, -0.2) is 8.42 Å². The molecular weight excluding hydrogens is 358 g/mol. The Hall–Kier alpha value is -1.74. The number of benzene rings is 1. The summed E-state index contributed by atoms with van der Waals surface area (Å²) in [5.74, 6) is -0.149. The van der Waals surface area contributed by atoms with Crippen molar-refractivity contribution < 1.29 is 13.2 Å². The van der Waals surface area contributed by atoms with Crippen molar-refractivity contribution in [1.29, 1.82) is 0 Å². The quantitative estimate of drug-likeness (QED) is 0.823. The molecule has 0 radical (unpaired) electrons. The number of carbonyl (C=O) groups excluding carboxylic acids is 1. The molecule has 6 nitrogen and oxygen atoms in total. The lowest BCUT2D eigenvalue weighted by atomic mass is 9.95. The molecule has 3 rings (SSSR count). The van der Waals surface area contributed by atoms with Crippen molar-refractivity contribution in [1.82, 2.24) is 9.62 Å². The molecule has 2 heterocycles. The minimum Gasteiger partial charge on any atom is -0.351 e. The van der Waals surface area contributed by atoms with Crippen molar-refractivity contribution in [3.8, 4) is 0 Å². The highest BCUT2D eigenvalue weighted by Crippen LogP contribution is 2.32. The Kier molecular flexibility index (Phi) is 5.24. The first-order chi connectivity index (χ1) is 11.9. The Bertz CT molecular complexity index is 849. The Morgan fingerprint density at radius 3 is 2.64 bits per heavy atom. The lowest BCUT2D eigenvalue weighted by Gasteiger charge is -2.15. The van der Waals surface area contributed by atoms with E-state index in [-0.39, 0.29) is 22.1 Å². The second-order valence-corrected chi connectivity index (χ2v) is 9.47. The van der Waals surface area contributed by atoms with Crippen LogP contribution in [0.25, 0.3) is 0 Å². The van der Waals surface area contributed by atoms with Gasteiger partial charge in [-0.3, -0.25) is 4.79 Å². The van der Waals surface area contributed by atoms with Crippen LogP contribution in [0.1, 0.15) is 23.3 Å². The number of amides is 1. The molecule has 1 aliphatic rings. The average molecular weight is 380 g/mol. The van der Waals surface area contributed by atoms with Gasteiger partial charge in [0.2, 0.25) is 5.91 Å². The molecule has 1 fully saturated rings. The van der Waals surface area contributed by atoms with Gasteiger partial charge in [-0.1, -0.05) is 30.3 Å². The summed E-state index contributed by atoms with van der Waals surface area (Å²) in [6, 6.07) is 12.9. The van der Waals surface area contributed by atoms with Gasteiger partial charge < -0.3 is 11.1 Å². The summed E-state index contributed by atoms with van der Waals surface area (Å²) < 4.78 is 27.6. The molecule has 2 aromatic rings. The standard InChI is InChI=1S/C17H21N3O3S2/c1-12(21)19-9-14-7-8-17(24-14)25(22,23)20-10-15(16(18)11-20)13-5-3-2-4-6-13/h2-8,15-16H,9-11,18H2,1H3,(H,19,21)/t15-,16+/m0/s1. The molecule has 0 spiro atoms. The second kappa shape index (κ2) is 7.25. The summed E-state index contributed by atoms with van der Waals surface area (Å²) >= 11 is 1.18. The fraction of sp³-hybridized carbons (Fsp3) is 0.353. The number of hydrogen-bond donors (Lipinski definition) is 2. The number of nitrogens with one attached hydrogen (secondary N) is 1. The Morgan fingerprint density at radius 1 is 1.24 bits per heavy atom. The fourth-order valence-electron chi connectivity index (χ4n) is 2.97. The lowest BCUT2D eigenvalue weighted by molar-refractivity contribution is -0.119. The van der Waals surface area contributed by atoms with Crippen LogP contribution in [0.2, 0.25) is 0 Å². The minimum atomic E-state index is -3.57. The van der Waals surface area contributed by atoms with Crippen LogP contribution in [0.15, 0.2) is 46.7 Å². The summed E-state index contributed by atoms with van der Waals surface area (Å²) in [5, 5.41) is 2.67. The van der Waals surface area contributed by atoms with Gasteiger partial charge in [-0.05, 0) is 17.7 Å². The van der Waals surface area contributed by atoms with Crippen LogP contribution in [0.4, 0.5) is 0 Å². The molecule has 0 saturated carbocycles. The monoisotopic (exact) mass is 379 g/mol. The maximum Gasteiger partial charge on any atom is 0.252 e. The highest BCUT2D eigenvalue weighted by molar-refractivity contribution is 7.91. The predicted octanol–water partition coefficient (Wildman–Crippen LogP) is 1.50. The van der Waals surface area contributed by atoms with E-state index in [1.807, 2.05) is 30.3 Å². The second-order valence-electron chi connectivity index (χ2n) is 6.13. The molecule has 25 heavy (non-hydrogen) atoms. The van der Waals surface area contributed by atoms with Gasteiger partial charge in [-0.15, -0.1) is 11.3 Å². The average Bonchev–Trinajstić information content (AvgIpc) is 3.21. The number of sulfonamides is 1. The molecule has 8 heteroatoms. The van der Waals surface area contributed by atoms with Gasteiger partial charge in [-0.2, -0.15) is 4.31 Å². The lowest BCUT2D eigenvalue weighted by Crippen LogP contribution is -2.31. The van der Waals surface area contributed by atoms with Crippen LogP contribution in [-0.2, 0) is 21.4 Å². The molecule has 1 amide bonds. The van der Waals surface area contributed by atoms with Crippen LogP contribution in [0.5, 0.6) is 0 Å². The molecule has 134 valence electrons. The SMILES string of the molecule is CC(=O)NCc1ccc(S(=O)(=O)N2C[C@@H](N)[C@H](c3ccccc3)C2)s1. The van der Waals surface area contributed by atoms with Crippen LogP contribution in [-0.4, -0.2) is 37.8 Å². The number of rotatable bonds is 5. The van der Waals surface area contributed by atoms with Crippen LogP contribution < -0.4 is 11.1 Å². The first-order valence-corrected chi connectivity index (χ1v) is 10.3. The molecule has 1 aliphatic heterocycles. The van der Waals surface area contributed by atoms with Gasteiger partial charge in [0.25, 0.3) is 10.0 Å². The van der Waals surface area contributed by atoms with Crippen LogP contribution in [0.3, 0.4) is 0 Å². The zero-order valence-electron chi connectivity index (χ0n) is 13.9. The molecule has 1 saturated heterocycles. The highest BCUT2D eigenvalue weighted by Gasteiger charge is 2.38. The smallest absolute Gasteiger partial charge is 0.252 e. The summed E-state index contributed by atoms with van der Waals surface area (Å²) in [6.07, 6.45) is 0. The van der Waals surface area contributed by atoms with Gasteiger partial charge in [0, 0.05) is 36.9 Å². The molecular formula is C17H21N3O3S2. The first kappa shape index (κ1) is 18.1. The third kappa shape index (κ3) is 3.92. The maximum absolute atomic E-state index is 12.9. The predicted molar refractivity (Wildman–Crippen MR) is 97.8 cm³/mol. The third-order valence-corrected chi connectivity index (χ3v) is 7.69. The number of nitrogens with two attached hydrogens (primary N) is 1. The Labute approximate surface area is 151 Å². The Morgan fingerprint density at radius 2 is 1.96 bits per heavy atom. The van der Waals surface area contributed by atoms with Crippen LogP contribution in [0, 0.1) is 0 Å². The molecule has 2 atom stereocenters. The molecule has 0 unspecified atom stereocenters. The van der Waals surface area contributed by atoms with E-state index in [0.29, 0.717) is 19.6 Å². The maximum atomic E-state index is 12.9. The van der Waals surface area contributed by atoms with Gasteiger partial charge >= 0.3 is 0 Å². The van der Waals surface area contributed by atoms with Crippen molar-refractivity contribution >= 4 is 27.3 Å². The third-order valence-electron chi connectivity index (χ3n) is 4.30. The van der Waals surface area contributed by atoms with Crippen LogP contribution >= 0.6 is 11.3 Å². The molecule has 0 aliphatic carbocycles. The molecule has 1 aromatic carbocycles. The normalized spacial score (nSPS) is 21.4. The van der Waals surface area contributed by atoms with Crippen molar-refractivity contribution in [2.45, 2.75) is 29.6 Å². The fourth-order valence-corrected chi connectivity index (χ4v) is 5.92. The van der Waals surface area contributed by atoms with Crippen molar-refractivity contribution in [3.63, 3.8) is 0 Å². The molecule has 1 aromatic heterocycles. The van der Waals surface area contributed by atoms with Gasteiger partial charge in [0.05, 0.1) is 6.54 Å². The number of hydrogen-bond acceptors (Lipinski definition) is 5. The summed E-state index contributed by atoms with van der Waals surface area (Å²) in [5.41, 5.74) is 7.27. The molecule has 0 bridgehead atoms. The topological polar surface area (TPSA) is 92.5 Å². The van der Waals surface area contributed by atoms with Crippen molar-refractivity contribution in [3.05, 3.63) is 52.9 Å². The number of thiophene rings is 1. The summed E-state index contributed by atoms with van der Waals surface area (Å²) in [6.45, 7) is 2.45. The van der Waals surface area contributed by atoms with Crippen molar-refractivity contribution in [2.24, 2.45) is 5.73 Å². The largest absolute Gasteiger partial charge is 0.351 e. The summed E-state index contributed by atoms with van der Waals surface area (Å²) in [7, 11) is -3.57.